The maximum Gasteiger partial charge on any atom is 0.157 e. The molecule has 0 aliphatic carbocycles. The molecular weight excluding hydrogens is 178 g/mol. The topological polar surface area (TPSA) is 50.4 Å². The fourth-order valence-corrected chi connectivity index (χ4v) is 1.26. The van der Waals surface area contributed by atoms with Gasteiger partial charge in [-0.05, 0) is 6.07 Å². The van der Waals surface area contributed by atoms with Crippen molar-refractivity contribution in [3.63, 3.8) is 0 Å². The molecule has 2 rings (SSSR count). The van der Waals surface area contributed by atoms with Gasteiger partial charge < -0.3 is 5.11 Å². The minimum atomic E-state index is -0.110. The number of hydrogen-bond donors (Lipinski definition) is 1. The lowest BCUT2D eigenvalue weighted by molar-refractivity contribution is 0.277. The van der Waals surface area contributed by atoms with Crippen molar-refractivity contribution in [2.24, 2.45) is 0 Å². The van der Waals surface area contributed by atoms with Crippen molar-refractivity contribution >= 4 is 17.2 Å². The van der Waals surface area contributed by atoms with Crippen molar-refractivity contribution in [1.29, 1.82) is 0 Å². The highest BCUT2D eigenvalue weighted by Gasteiger charge is 2.02. The highest BCUT2D eigenvalue weighted by Crippen LogP contribution is 2.11. The quantitative estimate of drug-likeness (QED) is 0.668. The molecule has 2 heterocycles. The van der Waals surface area contributed by atoms with Gasteiger partial charge in [0.05, 0.1) is 18.5 Å². The lowest BCUT2D eigenvalue weighted by atomic mass is 10.4. The van der Waals surface area contributed by atoms with Crippen molar-refractivity contribution in [3.05, 3.63) is 29.2 Å². The zero-order chi connectivity index (χ0) is 8.55. The standard InChI is InChI=1S/C7H6ClN3O/c8-6-3-5(4-12)10-7-1-2-9-11(6)7/h1-3,12H,4H2. The first kappa shape index (κ1) is 7.52. The molecule has 0 spiro atoms. The van der Waals surface area contributed by atoms with Gasteiger partial charge in [0.25, 0.3) is 0 Å². The molecule has 0 unspecified atom stereocenters. The molecule has 0 saturated carbocycles. The predicted molar refractivity (Wildman–Crippen MR) is 43.9 cm³/mol. The number of aliphatic hydroxyl groups is 1. The third-order valence-electron chi connectivity index (χ3n) is 1.53. The zero-order valence-electron chi connectivity index (χ0n) is 6.11. The van der Waals surface area contributed by atoms with Crippen LogP contribution in [-0.4, -0.2) is 19.7 Å². The summed E-state index contributed by atoms with van der Waals surface area (Å²) in [5.74, 6) is 0. The van der Waals surface area contributed by atoms with Gasteiger partial charge in [-0.3, -0.25) is 0 Å². The van der Waals surface area contributed by atoms with Crippen LogP contribution in [0.2, 0.25) is 5.15 Å². The van der Waals surface area contributed by atoms with E-state index < -0.39 is 0 Å². The van der Waals surface area contributed by atoms with Crippen LogP contribution in [0.4, 0.5) is 0 Å². The largest absolute Gasteiger partial charge is 0.390 e. The van der Waals surface area contributed by atoms with Crippen LogP contribution in [0.5, 0.6) is 0 Å². The maximum absolute atomic E-state index is 8.81. The maximum atomic E-state index is 8.81. The van der Waals surface area contributed by atoms with E-state index in [1.807, 2.05) is 0 Å². The van der Waals surface area contributed by atoms with Gasteiger partial charge in [0.1, 0.15) is 5.15 Å². The van der Waals surface area contributed by atoms with E-state index in [9.17, 15) is 0 Å². The normalized spacial score (nSPS) is 10.8. The van der Waals surface area contributed by atoms with Crippen LogP contribution in [-0.2, 0) is 6.61 Å². The van der Waals surface area contributed by atoms with E-state index in [2.05, 4.69) is 10.1 Å². The summed E-state index contributed by atoms with van der Waals surface area (Å²) in [5, 5.41) is 13.2. The molecule has 12 heavy (non-hydrogen) atoms. The van der Waals surface area contributed by atoms with Gasteiger partial charge >= 0.3 is 0 Å². The van der Waals surface area contributed by atoms with E-state index in [-0.39, 0.29) is 6.61 Å². The van der Waals surface area contributed by atoms with Gasteiger partial charge in [-0.1, -0.05) is 11.6 Å². The van der Waals surface area contributed by atoms with E-state index in [0.29, 0.717) is 16.5 Å². The molecule has 0 aromatic carbocycles. The molecule has 2 aromatic rings. The smallest absolute Gasteiger partial charge is 0.157 e. The zero-order valence-corrected chi connectivity index (χ0v) is 6.86. The average molecular weight is 184 g/mol. The Morgan fingerprint density at radius 3 is 3.17 bits per heavy atom. The lowest BCUT2D eigenvalue weighted by Crippen LogP contribution is -1.96. The Morgan fingerprint density at radius 2 is 2.42 bits per heavy atom. The van der Waals surface area contributed by atoms with Crippen LogP contribution < -0.4 is 0 Å². The third-order valence-corrected chi connectivity index (χ3v) is 1.80. The second-order valence-corrected chi connectivity index (χ2v) is 2.72. The molecule has 0 aliphatic heterocycles. The molecule has 0 fully saturated rings. The highest BCUT2D eigenvalue weighted by molar-refractivity contribution is 6.29. The Bertz CT molecular complexity index is 412. The van der Waals surface area contributed by atoms with Gasteiger partial charge in [0.2, 0.25) is 0 Å². The number of halogens is 1. The first-order chi connectivity index (χ1) is 5.81. The summed E-state index contributed by atoms with van der Waals surface area (Å²) in [4.78, 5) is 4.08. The lowest BCUT2D eigenvalue weighted by Gasteiger charge is -1.98. The number of aromatic nitrogens is 3. The molecule has 0 amide bonds. The van der Waals surface area contributed by atoms with Crippen LogP contribution in [0.25, 0.3) is 5.65 Å². The van der Waals surface area contributed by atoms with E-state index in [4.69, 9.17) is 16.7 Å². The van der Waals surface area contributed by atoms with Crippen molar-refractivity contribution in [1.82, 2.24) is 14.6 Å². The monoisotopic (exact) mass is 183 g/mol. The summed E-state index contributed by atoms with van der Waals surface area (Å²) < 4.78 is 1.50. The SMILES string of the molecule is OCc1cc(Cl)n2nccc2n1. The Balaban J connectivity index is 2.75. The van der Waals surface area contributed by atoms with Gasteiger partial charge in [0, 0.05) is 6.07 Å². The third kappa shape index (κ3) is 1.05. The number of fused-ring (bicyclic) bond motifs is 1. The fourth-order valence-electron chi connectivity index (χ4n) is 1.00. The molecule has 0 bridgehead atoms. The van der Waals surface area contributed by atoms with Crippen LogP contribution in [0.1, 0.15) is 5.69 Å². The summed E-state index contributed by atoms with van der Waals surface area (Å²) in [6.45, 7) is -0.110. The van der Waals surface area contributed by atoms with E-state index >= 15 is 0 Å². The first-order valence-corrected chi connectivity index (χ1v) is 3.79. The van der Waals surface area contributed by atoms with E-state index in [1.54, 1.807) is 18.3 Å². The van der Waals surface area contributed by atoms with Gasteiger partial charge in [-0.15, -0.1) is 0 Å². The summed E-state index contributed by atoms with van der Waals surface area (Å²) in [7, 11) is 0. The fraction of sp³-hybridized carbons (Fsp3) is 0.143. The molecular formula is C7H6ClN3O. The average Bonchev–Trinajstić information content (AvgIpc) is 2.52. The molecule has 2 aromatic heterocycles. The van der Waals surface area contributed by atoms with E-state index in [1.165, 1.54) is 4.52 Å². The summed E-state index contributed by atoms with van der Waals surface area (Å²) >= 11 is 5.83. The Hall–Kier alpha value is -1.13. The molecule has 4 nitrogen and oxygen atoms in total. The minimum Gasteiger partial charge on any atom is -0.390 e. The first-order valence-electron chi connectivity index (χ1n) is 3.41. The summed E-state index contributed by atoms with van der Waals surface area (Å²) in [6, 6.07) is 3.31. The molecule has 0 saturated heterocycles. The summed E-state index contributed by atoms with van der Waals surface area (Å²) in [5.41, 5.74) is 1.19. The second kappa shape index (κ2) is 2.73. The molecule has 0 aliphatic rings. The van der Waals surface area contributed by atoms with Gasteiger partial charge in [0.15, 0.2) is 5.65 Å². The molecule has 0 radical (unpaired) electrons. The number of aliphatic hydroxyl groups excluding tert-OH is 1. The van der Waals surface area contributed by atoms with Crippen LogP contribution in [0, 0.1) is 0 Å². The van der Waals surface area contributed by atoms with Crippen LogP contribution in [0.3, 0.4) is 0 Å². The van der Waals surface area contributed by atoms with Crippen molar-refractivity contribution in [3.8, 4) is 0 Å². The number of rotatable bonds is 1. The second-order valence-electron chi connectivity index (χ2n) is 2.33. The molecule has 62 valence electrons. The van der Waals surface area contributed by atoms with E-state index in [0.717, 1.165) is 0 Å². The van der Waals surface area contributed by atoms with Crippen LogP contribution >= 0.6 is 11.6 Å². The molecule has 1 N–H and O–H groups in total. The Labute approximate surface area is 73.4 Å². The number of hydrogen-bond acceptors (Lipinski definition) is 3. The van der Waals surface area contributed by atoms with Crippen molar-refractivity contribution in [2.75, 3.05) is 0 Å². The van der Waals surface area contributed by atoms with Gasteiger partial charge in [-0.2, -0.15) is 5.10 Å². The molecule has 5 heteroatoms. The molecule has 0 atom stereocenters. The minimum absolute atomic E-state index is 0.110. The summed E-state index contributed by atoms with van der Waals surface area (Å²) in [6.07, 6.45) is 1.61. The van der Waals surface area contributed by atoms with Crippen molar-refractivity contribution in [2.45, 2.75) is 6.61 Å². The number of nitrogens with zero attached hydrogens (tertiary/aromatic N) is 3. The van der Waals surface area contributed by atoms with Gasteiger partial charge in [-0.25, -0.2) is 9.50 Å². The highest BCUT2D eigenvalue weighted by atomic mass is 35.5. The van der Waals surface area contributed by atoms with Crippen molar-refractivity contribution < 1.29 is 5.11 Å². The predicted octanol–water partition coefficient (Wildman–Crippen LogP) is 0.875. The Morgan fingerprint density at radius 1 is 1.58 bits per heavy atom. The Kier molecular flexibility index (Phi) is 1.71. The van der Waals surface area contributed by atoms with Crippen LogP contribution in [0.15, 0.2) is 18.3 Å².